The molecule has 0 bridgehead atoms. The van der Waals surface area contributed by atoms with Gasteiger partial charge in [0.2, 0.25) is 10.0 Å². The van der Waals surface area contributed by atoms with Crippen molar-refractivity contribution in [1.29, 1.82) is 0 Å². The predicted molar refractivity (Wildman–Crippen MR) is 84.8 cm³/mol. The summed E-state index contributed by atoms with van der Waals surface area (Å²) in [6.45, 7) is 1.94. The van der Waals surface area contributed by atoms with Crippen molar-refractivity contribution in [2.75, 3.05) is 14.2 Å². The van der Waals surface area contributed by atoms with Crippen LogP contribution >= 0.6 is 0 Å². The summed E-state index contributed by atoms with van der Waals surface area (Å²) >= 11 is 0. The van der Waals surface area contributed by atoms with Crippen LogP contribution in [-0.4, -0.2) is 22.6 Å². The van der Waals surface area contributed by atoms with Gasteiger partial charge in [-0.2, -0.15) is 0 Å². The minimum absolute atomic E-state index is 0.199. The molecule has 5 nitrogen and oxygen atoms in total. The Labute approximate surface area is 130 Å². The zero-order valence-electron chi connectivity index (χ0n) is 12.8. The van der Waals surface area contributed by atoms with Gasteiger partial charge in [-0.1, -0.05) is 12.1 Å². The van der Waals surface area contributed by atoms with Crippen molar-refractivity contribution in [3.05, 3.63) is 53.6 Å². The van der Waals surface area contributed by atoms with Crippen molar-refractivity contribution in [2.45, 2.75) is 18.4 Å². The Morgan fingerprint density at radius 3 is 2.32 bits per heavy atom. The Bertz CT molecular complexity index is 756. The highest BCUT2D eigenvalue weighted by molar-refractivity contribution is 7.89. The first-order valence-electron chi connectivity index (χ1n) is 6.73. The summed E-state index contributed by atoms with van der Waals surface area (Å²) in [4.78, 5) is 0.246. The van der Waals surface area contributed by atoms with Gasteiger partial charge in [-0.15, -0.1) is 0 Å². The Morgan fingerprint density at radius 1 is 1.00 bits per heavy atom. The number of rotatable bonds is 6. The molecule has 0 aliphatic rings. The minimum Gasteiger partial charge on any atom is -0.497 e. The highest BCUT2D eigenvalue weighted by Crippen LogP contribution is 2.21. The van der Waals surface area contributed by atoms with Gasteiger partial charge in [0.1, 0.15) is 11.5 Å². The second kappa shape index (κ2) is 6.81. The molecule has 2 rings (SSSR count). The van der Waals surface area contributed by atoms with E-state index in [1.807, 2.05) is 18.2 Å². The van der Waals surface area contributed by atoms with E-state index in [4.69, 9.17) is 9.47 Å². The maximum Gasteiger partial charge on any atom is 0.241 e. The Kier molecular flexibility index (Phi) is 5.05. The maximum absolute atomic E-state index is 12.4. The second-order valence-electron chi connectivity index (χ2n) is 4.81. The number of nitrogens with one attached hydrogen (secondary N) is 1. The number of methoxy groups -OCH3 is 2. The van der Waals surface area contributed by atoms with Gasteiger partial charge < -0.3 is 9.47 Å². The van der Waals surface area contributed by atoms with Crippen LogP contribution in [0.15, 0.2) is 47.4 Å². The van der Waals surface area contributed by atoms with E-state index in [9.17, 15) is 8.42 Å². The second-order valence-corrected chi connectivity index (χ2v) is 6.54. The van der Waals surface area contributed by atoms with E-state index in [1.54, 1.807) is 45.4 Å². The largest absolute Gasteiger partial charge is 0.497 e. The average molecular weight is 321 g/mol. The van der Waals surface area contributed by atoms with Crippen LogP contribution in [0.25, 0.3) is 0 Å². The molecule has 2 aromatic rings. The molecule has 0 amide bonds. The Morgan fingerprint density at radius 2 is 1.68 bits per heavy atom. The predicted octanol–water partition coefficient (Wildman–Crippen LogP) is 2.49. The molecule has 1 N–H and O–H groups in total. The van der Waals surface area contributed by atoms with Crippen LogP contribution in [0.4, 0.5) is 0 Å². The van der Waals surface area contributed by atoms with Crippen LogP contribution in [-0.2, 0) is 16.6 Å². The van der Waals surface area contributed by atoms with Crippen molar-refractivity contribution in [1.82, 2.24) is 4.72 Å². The summed E-state index contributed by atoms with van der Waals surface area (Å²) in [5.74, 6) is 1.32. The summed E-state index contributed by atoms with van der Waals surface area (Å²) < 4.78 is 37.6. The minimum atomic E-state index is -3.58. The molecular formula is C16H19NO4S. The lowest BCUT2D eigenvalue weighted by atomic mass is 10.2. The summed E-state index contributed by atoms with van der Waals surface area (Å²) in [7, 11) is -0.461. The quantitative estimate of drug-likeness (QED) is 0.888. The van der Waals surface area contributed by atoms with Gasteiger partial charge in [0, 0.05) is 6.54 Å². The normalized spacial score (nSPS) is 11.2. The smallest absolute Gasteiger partial charge is 0.241 e. The molecule has 6 heteroatoms. The number of hydrogen-bond donors (Lipinski definition) is 1. The van der Waals surface area contributed by atoms with Crippen molar-refractivity contribution in [2.24, 2.45) is 0 Å². The summed E-state index contributed by atoms with van der Waals surface area (Å²) in [6, 6.07) is 12.1. The van der Waals surface area contributed by atoms with E-state index >= 15 is 0 Å². The van der Waals surface area contributed by atoms with Gasteiger partial charge in [0.15, 0.2) is 0 Å². The standard InChI is InChI=1S/C16H19NO4S/c1-12-9-15(21-3)7-8-16(12)22(18,19)17-11-13-5-4-6-14(10-13)20-2/h4-10,17H,11H2,1-3H3. The van der Waals surface area contributed by atoms with Crippen molar-refractivity contribution in [3.63, 3.8) is 0 Å². The monoisotopic (exact) mass is 321 g/mol. The molecule has 22 heavy (non-hydrogen) atoms. The first-order valence-corrected chi connectivity index (χ1v) is 8.22. The molecule has 0 unspecified atom stereocenters. The molecule has 0 saturated carbocycles. The van der Waals surface area contributed by atoms with E-state index in [2.05, 4.69) is 4.72 Å². The molecule has 0 aromatic heterocycles. The molecule has 2 aromatic carbocycles. The van der Waals surface area contributed by atoms with Crippen LogP contribution in [0.2, 0.25) is 0 Å². The van der Waals surface area contributed by atoms with E-state index in [1.165, 1.54) is 0 Å². The summed E-state index contributed by atoms with van der Waals surface area (Å²) in [5, 5.41) is 0. The fourth-order valence-corrected chi connectivity index (χ4v) is 3.33. The lowest BCUT2D eigenvalue weighted by molar-refractivity contribution is 0.414. The first kappa shape index (κ1) is 16.3. The fourth-order valence-electron chi connectivity index (χ4n) is 2.09. The van der Waals surface area contributed by atoms with Crippen LogP contribution in [0.3, 0.4) is 0 Å². The first-order chi connectivity index (χ1) is 10.5. The van der Waals surface area contributed by atoms with E-state index in [0.29, 0.717) is 17.1 Å². The van der Waals surface area contributed by atoms with Gasteiger partial charge in [0.05, 0.1) is 19.1 Å². The molecule has 0 fully saturated rings. The third-order valence-corrected chi connectivity index (χ3v) is 4.83. The zero-order valence-corrected chi connectivity index (χ0v) is 13.6. The molecule has 0 radical (unpaired) electrons. The number of hydrogen-bond acceptors (Lipinski definition) is 4. The van der Waals surface area contributed by atoms with Crippen LogP contribution < -0.4 is 14.2 Å². The molecule has 0 aliphatic carbocycles. The highest BCUT2D eigenvalue weighted by Gasteiger charge is 2.17. The Balaban J connectivity index is 2.17. The number of sulfonamides is 1. The van der Waals surface area contributed by atoms with E-state index in [0.717, 1.165) is 5.56 Å². The fraction of sp³-hybridized carbons (Fsp3) is 0.250. The van der Waals surface area contributed by atoms with E-state index < -0.39 is 10.0 Å². The van der Waals surface area contributed by atoms with Crippen molar-refractivity contribution < 1.29 is 17.9 Å². The number of benzene rings is 2. The Hall–Kier alpha value is -2.05. The SMILES string of the molecule is COc1cccc(CNS(=O)(=O)c2ccc(OC)cc2C)c1. The van der Waals surface area contributed by atoms with Crippen LogP contribution in [0.5, 0.6) is 11.5 Å². The van der Waals surface area contributed by atoms with Gasteiger partial charge >= 0.3 is 0 Å². The number of ether oxygens (including phenoxy) is 2. The molecule has 0 saturated heterocycles. The van der Waals surface area contributed by atoms with Crippen molar-refractivity contribution in [3.8, 4) is 11.5 Å². The molecule has 0 atom stereocenters. The molecular weight excluding hydrogens is 302 g/mol. The maximum atomic E-state index is 12.4. The van der Waals surface area contributed by atoms with Gasteiger partial charge in [0.25, 0.3) is 0 Å². The summed E-state index contributed by atoms with van der Waals surface area (Å²) in [6.07, 6.45) is 0. The lowest BCUT2D eigenvalue weighted by Gasteiger charge is -2.11. The lowest BCUT2D eigenvalue weighted by Crippen LogP contribution is -2.24. The van der Waals surface area contributed by atoms with Gasteiger partial charge in [-0.3, -0.25) is 0 Å². The molecule has 0 spiro atoms. The highest BCUT2D eigenvalue weighted by atomic mass is 32.2. The van der Waals surface area contributed by atoms with Gasteiger partial charge in [-0.25, -0.2) is 13.1 Å². The van der Waals surface area contributed by atoms with Gasteiger partial charge in [-0.05, 0) is 48.4 Å². The molecule has 0 heterocycles. The van der Waals surface area contributed by atoms with Crippen LogP contribution in [0, 0.1) is 6.92 Å². The third-order valence-electron chi connectivity index (χ3n) is 3.27. The third kappa shape index (κ3) is 3.78. The molecule has 118 valence electrons. The average Bonchev–Trinajstić information content (AvgIpc) is 2.52. The zero-order chi connectivity index (χ0) is 16.2. The molecule has 0 aliphatic heterocycles. The van der Waals surface area contributed by atoms with Crippen molar-refractivity contribution >= 4 is 10.0 Å². The summed E-state index contributed by atoms with van der Waals surface area (Å²) in [5.41, 5.74) is 1.46. The number of aryl methyl sites for hydroxylation is 1. The van der Waals surface area contributed by atoms with Crippen LogP contribution in [0.1, 0.15) is 11.1 Å². The van der Waals surface area contributed by atoms with E-state index in [-0.39, 0.29) is 11.4 Å². The topological polar surface area (TPSA) is 64.6 Å².